The third kappa shape index (κ3) is 3.95. The summed E-state index contributed by atoms with van der Waals surface area (Å²) in [7, 11) is 0. The number of nitrogen functional groups attached to an aromatic ring is 1. The predicted octanol–water partition coefficient (Wildman–Crippen LogP) is 3.92. The fraction of sp³-hybridized carbons (Fsp3) is 0.600. The van der Waals surface area contributed by atoms with Crippen LogP contribution in [0.3, 0.4) is 0 Å². The van der Waals surface area contributed by atoms with E-state index in [1.165, 1.54) is 18.5 Å². The fourth-order valence-corrected chi connectivity index (χ4v) is 2.29. The van der Waals surface area contributed by atoms with Gasteiger partial charge in [-0.1, -0.05) is 33.8 Å². The van der Waals surface area contributed by atoms with Crippen LogP contribution in [0.4, 0.5) is 11.4 Å². The number of anilines is 2. The lowest BCUT2D eigenvalue weighted by Crippen LogP contribution is -2.37. The lowest BCUT2D eigenvalue weighted by atomic mass is 10.1. The Labute approximate surface area is 106 Å². The molecule has 1 aromatic carbocycles. The van der Waals surface area contributed by atoms with E-state index in [4.69, 9.17) is 5.73 Å². The van der Waals surface area contributed by atoms with Gasteiger partial charge < -0.3 is 10.6 Å². The first-order chi connectivity index (χ1) is 8.08. The van der Waals surface area contributed by atoms with Crippen molar-refractivity contribution in [2.24, 2.45) is 5.92 Å². The lowest BCUT2D eigenvalue weighted by Gasteiger charge is -2.34. The van der Waals surface area contributed by atoms with E-state index in [1.807, 2.05) is 12.1 Å². The smallest absolute Gasteiger partial charge is 0.0389 e. The topological polar surface area (TPSA) is 29.3 Å². The van der Waals surface area contributed by atoms with Crippen molar-refractivity contribution in [3.05, 3.63) is 24.3 Å². The second-order valence-electron chi connectivity index (χ2n) is 5.11. The predicted molar refractivity (Wildman–Crippen MR) is 77.4 cm³/mol. The van der Waals surface area contributed by atoms with Crippen LogP contribution in [0.2, 0.25) is 0 Å². The zero-order valence-electron chi connectivity index (χ0n) is 11.6. The Morgan fingerprint density at radius 1 is 1.18 bits per heavy atom. The lowest BCUT2D eigenvalue weighted by molar-refractivity contribution is 0.507. The summed E-state index contributed by atoms with van der Waals surface area (Å²) < 4.78 is 0. The normalized spacial score (nSPS) is 11.2. The molecular formula is C15H26N2. The van der Waals surface area contributed by atoms with E-state index in [0.29, 0.717) is 12.0 Å². The van der Waals surface area contributed by atoms with Crippen molar-refractivity contribution in [2.75, 3.05) is 17.2 Å². The maximum absolute atomic E-state index is 5.88. The minimum absolute atomic E-state index is 0.610. The molecule has 0 saturated heterocycles. The summed E-state index contributed by atoms with van der Waals surface area (Å²) in [6.45, 7) is 10.1. The van der Waals surface area contributed by atoms with Gasteiger partial charge in [-0.3, -0.25) is 0 Å². The van der Waals surface area contributed by atoms with E-state index < -0.39 is 0 Å². The molecule has 0 aliphatic rings. The van der Waals surface area contributed by atoms with Gasteiger partial charge in [0.05, 0.1) is 0 Å². The Hall–Kier alpha value is -1.18. The number of nitrogens with two attached hydrogens (primary N) is 1. The summed E-state index contributed by atoms with van der Waals surface area (Å²) in [5, 5.41) is 0. The maximum atomic E-state index is 5.88. The minimum atomic E-state index is 0.610. The second-order valence-corrected chi connectivity index (χ2v) is 5.11. The highest BCUT2D eigenvalue weighted by molar-refractivity contribution is 5.56. The van der Waals surface area contributed by atoms with E-state index in [-0.39, 0.29) is 0 Å². The Morgan fingerprint density at radius 2 is 1.82 bits per heavy atom. The highest BCUT2D eigenvalue weighted by Gasteiger charge is 2.16. The molecule has 0 aliphatic carbocycles. The Morgan fingerprint density at radius 3 is 2.29 bits per heavy atom. The van der Waals surface area contributed by atoms with Crippen LogP contribution in [-0.2, 0) is 0 Å². The van der Waals surface area contributed by atoms with Gasteiger partial charge in [0.1, 0.15) is 0 Å². The third-order valence-corrected chi connectivity index (χ3v) is 3.15. The number of nitrogens with zero attached hydrogens (tertiary/aromatic N) is 1. The highest BCUT2D eigenvalue weighted by atomic mass is 15.2. The van der Waals surface area contributed by atoms with Crippen molar-refractivity contribution in [3.8, 4) is 0 Å². The highest BCUT2D eigenvalue weighted by Crippen LogP contribution is 2.23. The maximum Gasteiger partial charge on any atom is 0.0389 e. The molecule has 0 radical (unpaired) electrons. The van der Waals surface area contributed by atoms with Crippen LogP contribution in [0, 0.1) is 5.92 Å². The SMILES string of the molecule is CCC(CC)N(CC(C)C)c1cccc(N)c1. The fourth-order valence-electron chi connectivity index (χ4n) is 2.29. The van der Waals surface area contributed by atoms with E-state index in [9.17, 15) is 0 Å². The molecule has 0 saturated carbocycles. The van der Waals surface area contributed by atoms with E-state index in [2.05, 4.69) is 44.7 Å². The summed E-state index contributed by atoms with van der Waals surface area (Å²) in [6.07, 6.45) is 2.36. The molecule has 2 nitrogen and oxygen atoms in total. The third-order valence-electron chi connectivity index (χ3n) is 3.15. The number of hydrogen-bond donors (Lipinski definition) is 1. The van der Waals surface area contributed by atoms with Crippen molar-refractivity contribution in [1.82, 2.24) is 0 Å². The average Bonchev–Trinajstić information content (AvgIpc) is 2.29. The molecule has 0 atom stereocenters. The van der Waals surface area contributed by atoms with E-state index in [0.717, 1.165) is 12.2 Å². The van der Waals surface area contributed by atoms with Crippen molar-refractivity contribution >= 4 is 11.4 Å². The zero-order chi connectivity index (χ0) is 12.8. The van der Waals surface area contributed by atoms with Crippen LogP contribution in [-0.4, -0.2) is 12.6 Å². The summed E-state index contributed by atoms with van der Waals surface area (Å²) in [5.74, 6) is 0.664. The molecule has 1 rings (SSSR count). The van der Waals surface area contributed by atoms with E-state index in [1.54, 1.807) is 0 Å². The summed E-state index contributed by atoms with van der Waals surface area (Å²) in [6, 6.07) is 8.85. The average molecular weight is 234 g/mol. The molecule has 2 N–H and O–H groups in total. The van der Waals surface area contributed by atoms with Crippen LogP contribution in [0.5, 0.6) is 0 Å². The first-order valence-electron chi connectivity index (χ1n) is 6.70. The van der Waals surface area contributed by atoms with Crippen LogP contribution in [0.25, 0.3) is 0 Å². The molecule has 0 aliphatic heterocycles. The van der Waals surface area contributed by atoms with Crippen molar-refractivity contribution in [3.63, 3.8) is 0 Å². The van der Waals surface area contributed by atoms with E-state index >= 15 is 0 Å². The number of benzene rings is 1. The Kier molecular flexibility index (Phi) is 5.33. The molecular weight excluding hydrogens is 208 g/mol. The molecule has 17 heavy (non-hydrogen) atoms. The first-order valence-corrected chi connectivity index (χ1v) is 6.70. The molecule has 0 heterocycles. The van der Waals surface area contributed by atoms with Gasteiger partial charge in [0.15, 0.2) is 0 Å². The van der Waals surface area contributed by atoms with Crippen LogP contribution >= 0.6 is 0 Å². The summed E-state index contributed by atoms with van der Waals surface area (Å²) in [5.41, 5.74) is 7.99. The van der Waals surface area contributed by atoms with Crippen molar-refractivity contribution < 1.29 is 0 Å². The molecule has 1 aromatic rings. The van der Waals surface area contributed by atoms with Crippen LogP contribution < -0.4 is 10.6 Å². The van der Waals surface area contributed by atoms with Gasteiger partial charge in [0, 0.05) is 24.0 Å². The van der Waals surface area contributed by atoms with Gasteiger partial charge in [-0.15, -0.1) is 0 Å². The van der Waals surface area contributed by atoms with Gasteiger partial charge in [-0.25, -0.2) is 0 Å². The Balaban J connectivity index is 2.96. The van der Waals surface area contributed by atoms with Crippen molar-refractivity contribution in [1.29, 1.82) is 0 Å². The largest absolute Gasteiger partial charge is 0.399 e. The first kappa shape index (κ1) is 13.9. The van der Waals surface area contributed by atoms with Crippen LogP contribution in [0.1, 0.15) is 40.5 Å². The Bertz CT molecular complexity index is 329. The van der Waals surface area contributed by atoms with Gasteiger partial charge in [-0.05, 0) is 37.0 Å². The van der Waals surface area contributed by atoms with Gasteiger partial charge in [0.2, 0.25) is 0 Å². The molecule has 0 fully saturated rings. The molecule has 0 unspecified atom stereocenters. The molecule has 0 spiro atoms. The summed E-state index contributed by atoms with van der Waals surface area (Å²) >= 11 is 0. The quantitative estimate of drug-likeness (QED) is 0.756. The molecule has 96 valence electrons. The van der Waals surface area contributed by atoms with Crippen molar-refractivity contribution in [2.45, 2.75) is 46.6 Å². The standard InChI is InChI=1S/C15H26N2/c1-5-14(6-2)17(11-12(3)4)15-9-7-8-13(16)10-15/h7-10,12,14H,5-6,11,16H2,1-4H3. The van der Waals surface area contributed by atoms with Gasteiger partial charge in [-0.2, -0.15) is 0 Å². The zero-order valence-corrected chi connectivity index (χ0v) is 11.6. The number of rotatable bonds is 6. The molecule has 2 heteroatoms. The van der Waals surface area contributed by atoms with Crippen LogP contribution in [0.15, 0.2) is 24.3 Å². The monoisotopic (exact) mass is 234 g/mol. The molecule has 0 amide bonds. The molecule has 0 aromatic heterocycles. The minimum Gasteiger partial charge on any atom is -0.399 e. The molecule has 0 bridgehead atoms. The summed E-state index contributed by atoms with van der Waals surface area (Å²) in [4.78, 5) is 2.50. The van der Waals surface area contributed by atoms with Gasteiger partial charge in [0.25, 0.3) is 0 Å². The van der Waals surface area contributed by atoms with Gasteiger partial charge >= 0.3 is 0 Å². The second kappa shape index (κ2) is 6.53. The number of hydrogen-bond acceptors (Lipinski definition) is 2.